The summed E-state index contributed by atoms with van der Waals surface area (Å²) in [5, 5.41) is 4.15. The van der Waals surface area contributed by atoms with Crippen molar-refractivity contribution in [3.63, 3.8) is 0 Å². The van der Waals surface area contributed by atoms with Gasteiger partial charge in [-0.15, -0.1) is 11.3 Å². The number of nitrogens with one attached hydrogen (secondary N) is 1. The van der Waals surface area contributed by atoms with Gasteiger partial charge < -0.3 is 11.1 Å². The fourth-order valence-corrected chi connectivity index (χ4v) is 4.30. The first-order valence-electron chi connectivity index (χ1n) is 6.85. The van der Waals surface area contributed by atoms with Crippen LogP contribution in [0.15, 0.2) is 22.7 Å². The highest BCUT2D eigenvalue weighted by Crippen LogP contribution is 2.38. The minimum Gasteiger partial charge on any atom is -0.397 e. The minimum atomic E-state index is -0.0265. The second kappa shape index (κ2) is 5.04. The van der Waals surface area contributed by atoms with Crippen molar-refractivity contribution in [1.82, 2.24) is 5.32 Å². The molecule has 1 amide bonds. The number of fused-ring (bicyclic) bond motifs is 1. The first kappa shape index (κ1) is 13.9. The first-order chi connectivity index (χ1) is 9.54. The molecule has 1 fully saturated rings. The molecule has 20 heavy (non-hydrogen) atoms. The molecule has 5 heteroatoms. The number of nitrogens with two attached hydrogens (primary N) is 1. The Morgan fingerprint density at radius 2 is 2.25 bits per heavy atom. The number of hydrogen-bond acceptors (Lipinski definition) is 3. The van der Waals surface area contributed by atoms with Crippen molar-refractivity contribution in [2.45, 2.75) is 38.1 Å². The predicted octanol–water partition coefficient (Wildman–Crippen LogP) is 4.31. The Morgan fingerprint density at radius 1 is 1.50 bits per heavy atom. The molecule has 1 saturated carbocycles. The molecule has 1 aliphatic rings. The van der Waals surface area contributed by atoms with Gasteiger partial charge in [0.25, 0.3) is 5.91 Å². The van der Waals surface area contributed by atoms with E-state index in [1.807, 2.05) is 18.2 Å². The van der Waals surface area contributed by atoms with Crippen molar-refractivity contribution in [3.8, 4) is 0 Å². The zero-order valence-electron chi connectivity index (χ0n) is 11.3. The van der Waals surface area contributed by atoms with Gasteiger partial charge in [0.05, 0.1) is 5.69 Å². The number of carbonyl (C=O) groups is 1. The van der Waals surface area contributed by atoms with Crippen molar-refractivity contribution in [2.75, 3.05) is 5.73 Å². The van der Waals surface area contributed by atoms with Crippen LogP contribution < -0.4 is 11.1 Å². The van der Waals surface area contributed by atoms with E-state index in [0.29, 0.717) is 10.6 Å². The molecule has 1 aromatic heterocycles. The van der Waals surface area contributed by atoms with E-state index < -0.39 is 0 Å². The molecule has 2 aromatic rings. The number of amides is 1. The standard InChI is InChI=1S/C15H17BrN2OS/c1-2-15(6-3-7-15)18-14(19)13-12(17)10-5-4-9(16)8-11(10)20-13/h4-5,8H,2-3,6-7,17H2,1H3,(H,18,19). The Labute approximate surface area is 130 Å². The first-order valence-corrected chi connectivity index (χ1v) is 8.46. The smallest absolute Gasteiger partial charge is 0.263 e. The highest BCUT2D eigenvalue weighted by atomic mass is 79.9. The van der Waals surface area contributed by atoms with Crippen molar-refractivity contribution >= 4 is 48.9 Å². The topological polar surface area (TPSA) is 55.1 Å². The molecule has 1 aliphatic carbocycles. The van der Waals surface area contributed by atoms with Crippen LogP contribution in [-0.2, 0) is 0 Å². The second-order valence-electron chi connectivity index (χ2n) is 5.43. The number of rotatable bonds is 3. The highest BCUT2D eigenvalue weighted by molar-refractivity contribution is 9.10. The lowest BCUT2D eigenvalue weighted by Gasteiger charge is -2.41. The summed E-state index contributed by atoms with van der Waals surface area (Å²) in [4.78, 5) is 13.1. The summed E-state index contributed by atoms with van der Waals surface area (Å²) in [7, 11) is 0. The van der Waals surface area contributed by atoms with Crippen LogP contribution in [0.2, 0.25) is 0 Å². The molecule has 3 N–H and O–H groups in total. The summed E-state index contributed by atoms with van der Waals surface area (Å²) < 4.78 is 2.04. The second-order valence-corrected chi connectivity index (χ2v) is 7.39. The molecule has 0 radical (unpaired) electrons. The largest absolute Gasteiger partial charge is 0.397 e. The summed E-state index contributed by atoms with van der Waals surface area (Å²) in [6.45, 7) is 2.13. The van der Waals surface area contributed by atoms with Gasteiger partial charge >= 0.3 is 0 Å². The fourth-order valence-electron chi connectivity index (χ4n) is 2.73. The quantitative estimate of drug-likeness (QED) is 0.864. The number of benzene rings is 1. The van der Waals surface area contributed by atoms with E-state index in [9.17, 15) is 4.79 Å². The average Bonchev–Trinajstić information content (AvgIpc) is 2.70. The lowest BCUT2D eigenvalue weighted by atomic mass is 9.75. The Morgan fingerprint density at radius 3 is 2.85 bits per heavy atom. The third kappa shape index (κ3) is 2.23. The normalized spacial score (nSPS) is 16.9. The van der Waals surface area contributed by atoms with E-state index in [0.717, 1.165) is 33.8 Å². The zero-order valence-corrected chi connectivity index (χ0v) is 13.7. The van der Waals surface area contributed by atoms with Gasteiger partial charge in [-0.3, -0.25) is 4.79 Å². The van der Waals surface area contributed by atoms with E-state index in [2.05, 4.69) is 28.2 Å². The van der Waals surface area contributed by atoms with Gasteiger partial charge in [-0.05, 0) is 37.8 Å². The van der Waals surface area contributed by atoms with Crippen LogP contribution >= 0.6 is 27.3 Å². The van der Waals surface area contributed by atoms with Gasteiger partial charge in [-0.2, -0.15) is 0 Å². The van der Waals surface area contributed by atoms with Crippen LogP contribution in [0.5, 0.6) is 0 Å². The summed E-state index contributed by atoms with van der Waals surface area (Å²) in [6, 6.07) is 5.92. The van der Waals surface area contributed by atoms with Gasteiger partial charge in [0.2, 0.25) is 0 Å². The summed E-state index contributed by atoms with van der Waals surface area (Å²) in [6.07, 6.45) is 4.33. The SMILES string of the molecule is CCC1(NC(=O)c2sc3cc(Br)ccc3c2N)CCC1. The van der Waals surface area contributed by atoms with Gasteiger partial charge in [-0.1, -0.05) is 28.9 Å². The van der Waals surface area contributed by atoms with Crippen LogP contribution in [0.4, 0.5) is 5.69 Å². The van der Waals surface area contributed by atoms with Crippen LogP contribution in [0.3, 0.4) is 0 Å². The van der Waals surface area contributed by atoms with E-state index in [-0.39, 0.29) is 11.4 Å². The minimum absolute atomic E-state index is 0.000279. The molecule has 1 aromatic carbocycles. The maximum atomic E-state index is 12.5. The number of anilines is 1. The Hall–Kier alpha value is -1.07. The van der Waals surface area contributed by atoms with E-state index in [4.69, 9.17) is 5.73 Å². The van der Waals surface area contributed by atoms with Crippen molar-refractivity contribution in [1.29, 1.82) is 0 Å². The number of nitrogen functional groups attached to an aromatic ring is 1. The molecular weight excluding hydrogens is 336 g/mol. The molecule has 3 nitrogen and oxygen atoms in total. The van der Waals surface area contributed by atoms with E-state index >= 15 is 0 Å². The van der Waals surface area contributed by atoms with Gasteiger partial charge in [0.1, 0.15) is 4.88 Å². The number of thiophene rings is 1. The molecular formula is C15H17BrN2OS. The molecule has 1 heterocycles. The molecule has 0 saturated heterocycles. The van der Waals surface area contributed by atoms with E-state index in [1.54, 1.807) is 0 Å². The Kier molecular flexibility index (Phi) is 3.50. The number of halogens is 1. The van der Waals surface area contributed by atoms with Crippen molar-refractivity contribution in [3.05, 3.63) is 27.5 Å². The maximum Gasteiger partial charge on any atom is 0.263 e. The number of carbonyl (C=O) groups excluding carboxylic acids is 1. The highest BCUT2D eigenvalue weighted by Gasteiger charge is 2.37. The summed E-state index contributed by atoms with van der Waals surface area (Å²) >= 11 is 4.91. The predicted molar refractivity (Wildman–Crippen MR) is 88.3 cm³/mol. The summed E-state index contributed by atoms with van der Waals surface area (Å²) in [5.74, 6) is -0.0265. The molecule has 106 valence electrons. The van der Waals surface area contributed by atoms with Crippen LogP contribution in [0.1, 0.15) is 42.3 Å². The van der Waals surface area contributed by atoms with Crippen LogP contribution in [0.25, 0.3) is 10.1 Å². The van der Waals surface area contributed by atoms with Crippen LogP contribution in [0, 0.1) is 0 Å². The fraction of sp³-hybridized carbons (Fsp3) is 0.400. The van der Waals surface area contributed by atoms with E-state index in [1.165, 1.54) is 17.8 Å². The average molecular weight is 353 g/mol. The van der Waals surface area contributed by atoms with Gasteiger partial charge in [-0.25, -0.2) is 0 Å². The third-order valence-corrected chi connectivity index (χ3v) is 5.92. The Balaban J connectivity index is 1.93. The monoisotopic (exact) mass is 352 g/mol. The van der Waals surface area contributed by atoms with Crippen molar-refractivity contribution in [2.24, 2.45) is 0 Å². The molecule has 0 atom stereocenters. The zero-order chi connectivity index (χ0) is 14.3. The molecule has 0 spiro atoms. The van der Waals surface area contributed by atoms with Crippen LogP contribution in [-0.4, -0.2) is 11.4 Å². The lowest BCUT2D eigenvalue weighted by molar-refractivity contribution is 0.0825. The van der Waals surface area contributed by atoms with Gasteiger partial charge in [0, 0.05) is 20.1 Å². The molecule has 0 bridgehead atoms. The summed E-state index contributed by atoms with van der Waals surface area (Å²) in [5.41, 5.74) is 6.74. The van der Waals surface area contributed by atoms with Crippen molar-refractivity contribution < 1.29 is 4.79 Å². The number of hydrogen-bond donors (Lipinski definition) is 2. The maximum absolute atomic E-state index is 12.5. The van der Waals surface area contributed by atoms with Gasteiger partial charge in [0.15, 0.2) is 0 Å². The Bertz CT molecular complexity index is 670. The lowest BCUT2D eigenvalue weighted by Crippen LogP contribution is -2.52. The molecule has 3 rings (SSSR count). The molecule has 0 aliphatic heterocycles. The molecule has 0 unspecified atom stereocenters. The third-order valence-electron chi connectivity index (χ3n) is 4.26.